The van der Waals surface area contributed by atoms with E-state index in [4.69, 9.17) is 0 Å². The molecule has 0 unspecified atom stereocenters. The number of fused-ring (bicyclic) bond motifs is 4. The molecule has 0 N–H and O–H groups in total. The van der Waals surface area contributed by atoms with Gasteiger partial charge in [-0.1, -0.05) is 55.9 Å². The minimum atomic E-state index is -0.0654. The van der Waals surface area contributed by atoms with Crippen LogP contribution < -0.4 is 10.5 Å². The molecule has 164 valence electrons. The molecule has 2 aromatic heterocycles. The van der Waals surface area contributed by atoms with E-state index in [-0.39, 0.29) is 29.2 Å². The number of thioether (sulfide) groups is 1. The van der Waals surface area contributed by atoms with Crippen molar-refractivity contribution in [3.63, 3.8) is 0 Å². The maximum Gasteiger partial charge on any atom is 0.262 e. The van der Waals surface area contributed by atoms with Crippen molar-refractivity contribution in [2.24, 2.45) is 5.92 Å². The molecule has 0 spiro atoms. The Hall–Kier alpha value is -3.13. The van der Waals surface area contributed by atoms with Crippen molar-refractivity contribution in [2.75, 3.05) is 10.7 Å². The molecule has 2 aromatic carbocycles. The number of hydrogen-bond donors (Lipinski definition) is 0. The molecule has 0 fully saturated rings. The molecule has 4 aromatic rings. The third kappa shape index (κ3) is 3.39. The second kappa shape index (κ2) is 8.09. The van der Waals surface area contributed by atoms with E-state index >= 15 is 0 Å². The Bertz CT molecular complexity index is 1390. The molecule has 0 saturated heterocycles. The van der Waals surface area contributed by atoms with Gasteiger partial charge in [0, 0.05) is 18.3 Å². The van der Waals surface area contributed by atoms with Crippen LogP contribution >= 0.6 is 11.8 Å². The molecule has 8 heteroatoms. The van der Waals surface area contributed by atoms with Crippen molar-refractivity contribution in [1.82, 2.24) is 19.2 Å². The highest BCUT2D eigenvalue weighted by molar-refractivity contribution is 7.99. The van der Waals surface area contributed by atoms with Gasteiger partial charge in [-0.2, -0.15) is 0 Å². The Kier molecular flexibility index (Phi) is 5.25. The quantitative estimate of drug-likeness (QED) is 0.436. The normalized spacial score (nSPS) is 15.8. The minimum absolute atomic E-state index is 0.0454. The zero-order valence-electron chi connectivity index (χ0n) is 18.4. The van der Waals surface area contributed by atoms with Gasteiger partial charge in [-0.15, -0.1) is 10.2 Å². The second-order valence-corrected chi connectivity index (χ2v) is 9.62. The van der Waals surface area contributed by atoms with Crippen LogP contribution in [0.5, 0.6) is 0 Å². The van der Waals surface area contributed by atoms with Crippen LogP contribution in [0.2, 0.25) is 0 Å². The first-order valence-electron chi connectivity index (χ1n) is 10.8. The molecule has 3 heterocycles. The molecule has 0 saturated carbocycles. The monoisotopic (exact) mass is 447 g/mol. The lowest BCUT2D eigenvalue weighted by molar-refractivity contribution is -0.116. The van der Waals surface area contributed by atoms with Gasteiger partial charge in [0.05, 0.1) is 16.7 Å². The summed E-state index contributed by atoms with van der Waals surface area (Å²) in [7, 11) is 0. The Balaban J connectivity index is 1.51. The number of rotatable bonds is 5. The summed E-state index contributed by atoms with van der Waals surface area (Å²) < 4.78 is 3.59. The fourth-order valence-corrected chi connectivity index (χ4v) is 5.30. The summed E-state index contributed by atoms with van der Waals surface area (Å²) in [4.78, 5) is 28.2. The summed E-state index contributed by atoms with van der Waals surface area (Å²) in [6.07, 6.45) is 0.868. The number of hydrogen-bond acceptors (Lipinski definition) is 5. The van der Waals surface area contributed by atoms with E-state index in [2.05, 4.69) is 37.0 Å². The second-order valence-electron chi connectivity index (χ2n) is 8.68. The number of amides is 1. The molecule has 1 amide bonds. The summed E-state index contributed by atoms with van der Waals surface area (Å²) in [5.74, 6) is 1.09. The van der Waals surface area contributed by atoms with Gasteiger partial charge >= 0.3 is 0 Å². The SMILES string of the molecule is CC(C)Cn1c(=O)c2ccccc2n2c(SCC(=O)N3c4ccccc4C[C@H]3C)nnc12. The van der Waals surface area contributed by atoms with Crippen molar-refractivity contribution in [2.45, 2.75) is 44.9 Å². The topological polar surface area (TPSA) is 72.5 Å². The predicted molar refractivity (Wildman–Crippen MR) is 127 cm³/mol. The maximum atomic E-state index is 13.2. The number of aromatic nitrogens is 4. The van der Waals surface area contributed by atoms with Crippen molar-refractivity contribution in [3.8, 4) is 0 Å². The standard InChI is InChI=1S/C24H25N5O2S/c1-15(2)13-27-22(31)18-9-5-7-11-20(18)29-23(27)25-26-24(29)32-14-21(30)28-16(3)12-17-8-4-6-10-19(17)28/h4-11,15-16H,12-14H2,1-3H3/t16-/m1/s1. The first-order valence-corrected chi connectivity index (χ1v) is 11.8. The predicted octanol–water partition coefficient (Wildman–Crippen LogP) is 3.77. The molecular weight excluding hydrogens is 422 g/mol. The van der Waals surface area contributed by atoms with Crippen molar-refractivity contribution >= 4 is 40.0 Å². The van der Waals surface area contributed by atoms with Crippen molar-refractivity contribution in [1.29, 1.82) is 0 Å². The zero-order chi connectivity index (χ0) is 22.4. The van der Waals surface area contributed by atoms with Crippen molar-refractivity contribution < 1.29 is 4.79 Å². The van der Waals surface area contributed by atoms with E-state index in [1.807, 2.05) is 51.8 Å². The van der Waals surface area contributed by atoms with Gasteiger partial charge in [-0.25, -0.2) is 0 Å². The van der Waals surface area contributed by atoms with Gasteiger partial charge in [0.2, 0.25) is 11.7 Å². The summed E-state index contributed by atoms with van der Waals surface area (Å²) in [5, 5.41) is 9.94. The smallest absolute Gasteiger partial charge is 0.262 e. The highest BCUT2D eigenvalue weighted by atomic mass is 32.2. The van der Waals surface area contributed by atoms with Crippen molar-refractivity contribution in [3.05, 3.63) is 64.4 Å². The van der Waals surface area contributed by atoms with E-state index in [9.17, 15) is 9.59 Å². The van der Waals surface area contributed by atoms with Gasteiger partial charge in [-0.05, 0) is 43.0 Å². The summed E-state index contributed by atoms with van der Waals surface area (Å²) >= 11 is 1.36. The zero-order valence-corrected chi connectivity index (χ0v) is 19.2. The molecule has 0 bridgehead atoms. The molecule has 32 heavy (non-hydrogen) atoms. The molecule has 1 atom stereocenters. The number of nitrogens with zero attached hydrogens (tertiary/aromatic N) is 5. The highest BCUT2D eigenvalue weighted by Gasteiger charge is 2.30. The van der Waals surface area contributed by atoms with Gasteiger partial charge in [-0.3, -0.25) is 18.6 Å². The van der Waals surface area contributed by atoms with E-state index in [1.54, 1.807) is 4.57 Å². The number of carbonyl (C=O) groups is 1. The Morgan fingerprint density at radius 1 is 1.12 bits per heavy atom. The van der Waals surface area contributed by atoms with Crippen LogP contribution in [0.1, 0.15) is 26.3 Å². The molecule has 1 aliphatic heterocycles. The molecule has 5 rings (SSSR count). The fraction of sp³-hybridized carbons (Fsp3) is 0.333. The third-order valence-corrected chi connectivity index (χ3v) is 6.74. The number of anilines is 1. The Morgan fingerprint density at radius 3 is 2.69 bits per heavy atom. The first kappa shape index (κ1) is 20.8. The lowest BCUT2D eigenvalue weighted by Gasteiger charge is -2.22. The average molecular weight is 448 g/mol. The Labute approximate surface area is 190 Å². The highest BCUT2D eigenvalue weighted by Crippen LogP contribution is 2.33. The van der Waals surface area contributed by atoms with E-state index in [0.717, 1.165) is 17.6 Å². The van der Waals surface area contributed by atoms with Crippen LogP contribution in [0.25, 0.3) is 16.7 Å². The number of benzene rings is 2. The van der Waals surface area contributed by atoms with Crippen LogP contribution in [0.4, 0.5) is 5.69 Å². The van der Waals surface area contributed by atoms with Gasteiger partial charge in [0.1, 0.15) is 0 Å². The molecule has 0 aliphatic carbocycles. The van der Waals surface area contributed by atoms with Crippen LogP contribution in [-0.2, 0) is 17.8 Å². The molecular formula is C24H25N5O2S. The number of carbonyl (C=O) groups excluding carboxylic acids is 1. The van der Waals surface area contributed by atoms with E-state index < -0.39 is 0 Å². The van der Waals surface area contributed by atoms with E-state index in [0.29, 0.717) is 22.9 Å². The average Bonchev–Trinajstić information content (AvgIpc) is 3.35. The molecule has 0 radical (unpaired) electrons. The molecule has 1 aliphatic rings. The van der Waals surface area contributed by atoms with E-state index in [1.165, 1.54) is 17.3 Å². The van der Waals surface area contributed by atoms with Crippen LogP contribution in [-0.4, -0.2) is 36.9 Å². The lowest BCUT2D eigenvalue weighted by atomic mass is 10.1. The summed E-state index contributed by atoms with van der Waals surface area (Å²) in [6.45, 7) is 6.76. The van der Waals surface area contributed by atoms with Gasteiger partial charge in [0.15, 0.2) is 5.16 Å². The van der Waals surface area contributed by atoms with Gasteiger partial charge < -0.3 is 4.90 Å². The lowest BCUT2D eigenvalue weighted by Crippen LogP contribution is -2.37. The van der Waals surface area contributed by atoms with Crippen LogP contribution in [0.15, 0.2) is 58.5 Å². The largest absolute Gasteiger partial charge is 0.308 e. The third-order valence-electron chi connectivity index (χ3n) is 5.83. The fourth-order valence-electron chi connectivity index (χ4n) is 4.50. The molecule has 7 nitrogen and oxygen atoms in total. The summed E-state index contributed by atoms with van der Waals surface area (Å²) in [5.41, 5.74) is 2.89. The minimum Gasteiger partial charge on any atom is -0.308 e. The van der Waals surface area contributed by atoms with Crippen LogP contribution in [0, 0.1) is 5.92 Å². The first-order chi connectivity index (χ1) is 15.5. The maximum absolute atomic E-state index is 13.2. The van der Waals surface area contributed by atoms with Crippen LogP contribution in [0.3, 0.4) is 0 Å². The summed E-state index contributed by atoms with van der Waals surface area (Å²) in [6, 6.07) is 15.7. The Morgan fingerprint density at radius 2 is 1.88 bits per heavy atom. The number of para-hydroxylation sites is 2. The van der Waals surface area contributed by atoms with Gasteiger partial charge in [0.25, 0.3) is 5.56 Å².